The SMILES string of the molecule is Cc1occc1-c1nnc(SCC(=O)c2ccc(NC(=O)CC(C)C)cc2)n1Cc1ccccc1. The van der Waals surface area contributed by atoms with Gasteiger partial charge in [0.05, 0.1) is 24.1 Å². The molecule has 2 aromatic heterocycles. The van der Waals surface area contributed by atoms with E-state index in [-0.39, 0.29) is 23.4 Å². The molecular formula is C27H28N4O3S. The van der Waals surface area contributed by atoms with E-state index in [0.29, 0.717) is 35.2 Å². The summed E-state index contributed by atoms with van der Waals surface area (Å²) < 4.78 is 7.49. The van der Waals surface area contributed by atoms with Crippen molar-refractivity contribution in [3.05, 3.63) is 83.8 Å². The Balaban J connectivity index is 1.47. The molecule has 0 unspecified atom stereocenters. The lowest BCUT2D eigenvalue weighted by Crippen LogP contribution is -2.14. The summed E-state index contributed by atoms with van der Waals surface area (Å²) in [6.07, 6.45) is 2.10. The van der Waals surface area contributed by atoms with Crippen LogP contribution in [0.4, 0.5) is 5.69 Å². The number of Topliss-reactive ketones (excluding diaryl/α,β-unsaturated/α-hetero) is 1. The van der Waals surface area contributed by atoms with Crippen molar-refractivity contribution in [1.29, 1.82) is 0 Å². The van der Waals surface area contributed by atoms with Crippen molar-refractivity contribution in [2.24, 2.45) is 5.92 Å². The Morgan fingerprint density at radius 3 is 2.43 bits per heavy atom. The van der Waals surface area contributed by atoms with Gasteiger partial charge in [-0.3, -0.25) is 14.2 Å². The van der Waals surface area contributed by atoms with E-state index < -0.39 is 0 Å². The van der Waals surface area contributed by atoms with Crippen LogP contribution in [0.25, 0.3) is 11.4 Å². The summed E-state index contributed by atoms with van der Waals surface area (Å²) in [5.74, 6) is 1.92. The first-order valence-electron chi connectivity index (χ1n) is 11.5. The quantitative estimate of drug-likeness (QED) is 0.222. The molecule has 1 amide bonds. The molecule has 0 fully saturated rings. The highest BCUT2D eigenvalue weighted by molar-refractivity contribution is 7.99. The molecule has 4 rings (SSSR count). The number of rotatable bonds is 10. The van der Waals surface area contributed by atoms with E-state index in [1.54, 1.807) is 30.5 Å². The largest absolute Gasteiger partial charge is 0.469 e. The summed E-state index contributed by atoms with van der Waals surface area (Å²) in [7, 11) is 0. The molecule has 0 radical (unpaired) electrons. The Labute approximate surface area is 209 Å². The van der Waals surface area contributed by atoms with Crippen molar-refractivity contribution < 1.29 is 14.0 Å². The van der Waals surface area contributed by atoms with Gasteiger partial charge in [-0.25, -0.2) is 0 Å². The number of carbonyl (C=O) groups is 2. The van der Waals surface area contributed by atoms with E-state index >= 15 is 0 Å². The lowest BCUT2D eigenvalue weighted by atomic mass is 10.1. The molecular weight excluding hydrogens is 460 g/mol. The summed E-state index contributed by atoms with van der Waals surface area (Å²) in [5, 5.41) is 12.3. The van der Waals surface area contributed by atoms with Crippen LogP contribution in [0, 0.1) is 12.8 Å². The normalized spacial score (nSPS) is 11.1. The average molecular weight is 489 g/mol. The van der Waals surface area contributed by atoms with Crippen LogP contribution in [-0.4, -0.2) is 32.2 Å². The highest BCUT2D eigenvalue weighted by Crippen LogP contribution is 2.28. The molecule has 0 saturated carbocycles. The van der Waals surface area contributed by atoms with E-state index in [2.05, 4.69) is 15.5 Å². The van der Waals surface area contributed by atoms with Gasteiger partial charge in [0, 0.05) is 17.7 Å². The second-order valence-corrected chi connectivity index (χ2v) is 9.65. The topological polar surface area (TPSA) is 90.0 Å². The third-order valence-electron chi connectivity index (χ3n) is 5.42. The van der Waals surface area contributed by atoms with Gasteiger partial charge in [0.1, 0.15) is 5.76 Å². The van der Waals surface area contributed by atoms with E-state index in [1.807, 2.05) is 61.7 Å². The average Bonchev–Trinajstić information content (AvgIpc) is 3.43. The fraction of sp³-hybridized carbons (Fsp3) is 0.259. The van der Waals surface area contributed by atoms with Crippen LogP contribution in [0.2, 0.25) is 0 Å². The van der Waals surface area contributed by atoms with Gasteiger partial charge in [0.2, 0.25) is 5.91 Å². The van der Waals surface area contributed by atoms with Gasteiger partial charge < -0.3 is 9.73 Å². The van der Waals surface area contributed by atoms with Crippen LogP contribution in [0.15, 0.2) is 76.5 Å². The molecule has 180 valence electrons. The fourth-order valence-electron chi connectivity index (χ4n) is 3.66. The van der Waals surface area contributed by atoms with Gasteiger partial charge >= 0.3 is 0 Å². The molecule has 0 aliphatic rings. The third kappa shape index (κ3) is 6.27. The zero-order valence-electron chi connectivity index (χ0n) is 20.0. The third-order valence-corrected chi connectivity index (χ3v) is 6.38. The number of hydrogen-bond acceptors (Lipinski definition) is 6. The minimum Gasteiger partial charge on any atom is -0.469 e. The number of furan rings is 1. The van der Waals surface area contributed by atoms with Crippen molar-refractivity contribution in [3.8, 4) is 11.4 Å². The number of amides is 1. The van der Waals surface area contributed by atoms with E-state index in [9.17, 15) is 9.59 Å². The molecule has 35 heavy (non-hydrogen) atoms. The van der Waals surface area contributed by atoms with E-state index in [1.165, 1.54) is 11.8 Å². The molecule has 4 aromatic rings. The standard InChI is InChI=1S/C27H28N4O3S/c1-18(2)15-25(33)28-22-11-9-21(10-12-22)24(32)17-35-27-30-29-26(23-13-14-34-19(23)3)31(27)16-20-7-5-4-6-8-20/h4-14,18H,15-17H2,1-3H3,(H,28,33). The smallest absolute Gasteiger partial charge is 0.224 e. The molecule has 0 spiro atoms. The minimum absolute atomic E-state index is 0.0228. The van der Waals surface area contributed by atoms with Gasteiger partial charge in [-0.2, -0.15) is 0 Å². The zero-order chi connectivity index (χ0) is 24.8. The van der Waals surface area contributed by atoms with Crippen molar-refractivity contribution >= 4 is 29.1 Å². The predicted molar refractivity (Wildman–Crippen MR) is 138 cm³/mol. The van der Waals surface area contributed by atoms with Gasteiger partial charge in [-0.15, -0.1) is 10.2 Å². The van der Waals surface area contributed by atoms with Gasteiger partial charge in [-0.05, 0) is 48.7 Å². The van der Waals surface area contributed by atoms with E-state index in [4.69, 9.17) is 4.42 Å². The highest BCUT2D eigenvalue weighted by atomic mass is 32.2. The second-order valence-electron chi connectivity index (χ2n) is 8.70. The fourth-order valence-corrected chi connectivity index (χ4v) is 4.49. The van der Waals surface area contributed by atoms with Crippen molar-refractivity contribution in [1.82, 2.24) is 14.8 Å². The maximum atomic E-state index is 12.9. The van der Waals surface area contributed by atoms with Gasteiger partial charge in [-0.1, -0.05) is 55.9 Å². The first-order valence-corrected chi connectivity index (χ1v) is 12.5. The number of anilines is 1. The Kier molecular flexibility index (Phi) is 7.82. The highest BCUT2D eigenvalue weighted by Gasteiger charge is 2.19. The second kappa shape index (κ2) is 11.2. The number of hydrogen-bond donors (Lipinski definition) is 1. The Morgan fingerprint density at radius 1 is 1.03 bits per heavy atom. The van der Waals surface area contributed by atoms with Crippen molar-refractivity contribution in [3.63, 3.8) is 0 Å². The van der Waals surface area contributed by atoms with Crippen LogP contribution in [0.1, 0.15) is 41.9 Å². The molecule has 0 atom stereocenters. The number of nitrogens with zero attached hydrogens (tertiary/aromatic N) is 3. The molecule has 0 bridgehead atoms. The maximum Gasteiger partial charge on any atom is 0.224 e. The van der Waals surface area contributed by atoms with E-state index in [0.717, 1.165) is 16.9 Å². The summed E-state index contributed by atoms with van der Waals surface area (Å²) >= 11 is 1.35. The Bertz CT molecular complexity index is 1290. The molecule has 1 N–H and O–H groups in total. The molecule has 7 nitrogen and oxygen atoms in total. The first-order chi connectivity index (χ1) is 16.9. The lowest BCUT2D eigenvalue weighted by Gasteiger charge is -2.10. The van der Waals surface area contributed by atoms with Crippen LogP contribution in [-0.2, 0) is 11.3 Å². The monoisotopic (exact) mass is 488 g/mol. The number of nitrogens with one attached hydrogen (secondary N) is 1. The minimum atomic E-state index is -0.0314. The number of aromatic nitrogens is 3. The molecule has 2 heterocycles. The summed E-state index contributed by atoms with van der Waals surface area (Å²) in [6, 6.07) is 18.9. The molecule has 8 heteroatoms. The number of thioether (sulfide) groups is 1. The van der Waals surface area contributed by atoms with Crippen LogP contribution < -0.4 is 5.32 Å². The summed E-state index contributed by atoms with van der Waals surface area (Å²) in [4.78, 5) is 24.8. The van der Waals surface area contributed by atoms with Crippen LogP contribution >= 0.6 is 11.8 Å². The van der Waals surface area contributed by atoms with Gasteiger partial charge in [0.15, 0.2) is 16.8 Å². The number of ketones is 1. The van der Waals surface area contributed by atoms with Crippen molar-refractivity contribution in [2.45, 2.75) is 38.9 Å². The van der Waals surface area contributed by atoms with Crippen molar-refractivity contribution in [2.75, 3.05) is 11.1 Å². The first kappa shape index (κ1) is 24.5. The molecule has 0 aliphatic heterocycles. The lowest BCUT2D eigenvalue weighted by molar-refractivity contribution is -0.116. The van der Waals surface area contributed by atoms with Crippen LogP contribution in [0.5, 0.6) is 0 Å². The Hall–Kier alpha value is -3.65. The Morgan fingerprint density at radius 2 is 1.77 bits per heavy atom. The summed E-state index contributed by atoms with van der Waals surface area (Å²) in [6.45, 7) is 6.47. The van der Waals surface area contributed by atoms with Crippen LogP contribution in [0.3, 0.4) is 0 Å². The molecule has 0 aliphatic carbocycles. The number of carbonyl (C=O) groups excluding carboxylic acids is 2. The number of aryl methyl sites for hydroxylation is 1. The number of benzene rings is 2. The maximum absolute atomic E-state index is 12.9. The van der Waals surface area contributed by atoms with Gasteiger partial charge in [0.25, 0.3) is 0 Å². The molecule has 0 saturated heterocycles. The zero-order valence-corrected chi connectivity index (χ0v) is 20.8. The molecule has 2 aromatic carbocycles. The summed E-state index contributed by atoms with van der Waals surface area (Å²) in [5.41, 5.74) is 3.25. The predicted octanol–water partition coefficient (Wildman–Crippen LogP) is 5.85.